The van der Waals surface area contributed by atoms with Gasteiger partial charge in [0.15, 0.2) is 0 Å². The Labute approximate surface area is 94.9 Å². The van der Waals surface area contributed by atoms with Crippen LogP contribution in [0.5, 0.6) is 0 Å². The van der Waals surface area contributed by atoms with E-state index >= 15 is 0 Å². The number of hydrogen-bond donors (Lipinski definition) is 0. The molecule has 0 N–H and O–H groups in total. The number of hydrogen-bond acceptors (Lipinski definition) is 3. The van der Waals surface area contributed by atoms with Gasteiger partial charge < -0.3 is 1.43 Å². The van der Waals surface area contributed by atoms with Crippen molar-refractivity contribution >= 4 is 0 Å². The van der Waals surface area contributed by atoms with Crippen LogP contribution in [0.2, 0.25) is 0 Å². The van der Waals surface area contributed by atoms with Crippen LogP contribution in [0.1, 0.15) is 1.43 Å². The van der Waals surface area contributed by atoms with Gasteiger partial charge in [-0.15, -0.1) is 0 Å². The van der Waals surface area contributed by atoms with Crippen molar-refractivity contribution < 1.29 is 97.7 Å². The van der Waals surface area contributed by atoms with Crippen molar-refractivity contribution in [2.75, 3.05) is 0 Å². The molecule has 0 amide bonds. The Morgan fingerprint density at radius 3 is 1.20 bits per heavy atom. The van der Waals surface area contributed by atoms with Crippen molar-refractivity contribution in [2.24, 2.45) is 0 Å². The SMILES string of the molecule is [Cs+].[H-].[O]=[W](=[O])=[O]. The van der Waals surface area contributed by atoms with E-state index in [0.29, 0.717) is 0 Å². The minimum absolute atomic E-state index is 0. The molecule has 0 spiro atoms. The monoisotopic (exact) mass is 366 g/mol. The first-order valence-electron chi connectivity index (χ1n) is 0.500. The topological polar surface area (TPSA) is 51.2 Å². The molecule has 26 valence electrons. The average molecular weight is 366 g/mol. The van der Waals surface area contributed by atoms with E-state index in [4.69, 9.17) is 10.2 Å². The Hall–Kier alpha value is 2.14. The van der Waals surface area contributed by atoms with Crippen LogP contribution in [0, 0.1) is 0 Å². The first-order valence-corrected chi connectivity index (χ1v) is 4.09. The molecule has 0 aromatic rings. The molecule has 0 radical (unpaired) electrons. The van der Waals surface area contributed by atoms with E-state index in [1.807, 2.05) is 0 Å². The first-order chi connectivity index (χ1) is 1.73. The average Bonchev–Trinajstić information content (AvgIpc) is 0.811. The molecule has 0 bridgehead atoms. The van der Waals surface area contributed by atoms with Gasteiger partial charge in [0, 0.05) is 0 Å². The van der Waals surface area contributed by atoms with Gasteiger partial charge in [0.2, 0.25) is 0 Å². The quantitative estimate of drug-likeness (QED) is 0.453. The summed E-state index contributed by atoms with van der Waals surface area (Å²) in [4.78, 5) is 0. The molecule has 0 unspecified atom stereocenters. The Morgan fingerprint density at radius 2 is 1.20 bits per heavy atom. The van der Waals surface area contributed by atoms with Crippen LogP contribution < -0.4 is 68.9 Å². The standard InChI is InChI=1S/Cs.3O.W.H/q+1;;;;;-1. The molecule has 5 heavy (non-hydrogen) atoms. The van der Waals surface area contributed by atoms with Gasteiger partial charge in [-0.2, -0.15) is 0 Å². The van der Waals surface area contributed by atoms with Gasteiger partial charge >= 0.3 is 96.3 Å². The van der Waals surface area contributed by atoms with Crippen LogP contribution in [-0.4, -0.2) is 0 Å². The molecule has 3 nitrogen and oxygen atoms in total. The van der Waals surface area contributed by atoms with Gasteiger partial charge in [0.05, 0.1) is 0 Å². The van der Waals surface area contributed by atoms with Crippen LogP contribution in [0.3, 0.4) is 0 Å². The Bertz CT molecular complexity index is 80.2. The second-order valence-electron chi connectivity index (χ2n) is 0.204. The predicted molar refractivity (Wildman–Crippen MR) is 3.17 cm³/mol. The summed E-state index contributed by atoms with van der Waals surface area (Å²) in [6, 6.07) is 0. The molecule has 0 aromatic heterocycles. The molecule has 5 heteroatoms. The fourth-order valence-electron chi connectivity index (χ4n) is 0. The Kier molecular flexibility index (Phi) is 12.5. The molecule has 0 atom stereocenters. The van der Waals surface area contributed by atoms with Crippen molar-refractivity contribution in [3.63, 3.8) is 0 Å². The van der Waals surface area contributed by atoms with E-state index in [9.17, 15) is 0 Å². The van der Waals surface area contributed by atoms with Gasteiger partial charge in [0.25, 0.3) is 0 Å². The molecule has 0 saturated carbocycles. The Morgan fingerprint density at radius 1 is 1.20 bits per heavy atom. The third kappa shape index (κ3) is 23.0. The zero-order valence-electron chi connectivity index (χ0n) is 3.63. The second-order valence-corrected chi connectivity index (χ2v) is 1.67. The maximum atomic E-state index is 8.61. The van der Waals surface area contributed by atoms with E-state index < -0.39 is 17.2 Å². The molecule has 0 rings (SSSR count). The zero-order chi connectivity index (χ0) is 3.58. The summed E-state index contributed by atoms with van der Waals surface area (Å²) in [7, 11) is 0. The van der Waals surface area contributed by atoms with Crippen LogP contribution >= 0.6 is 0 Å². The Balaban J connectivity index is -0.0000000450. The maximum absolute atomic E-state index is 8.61. The van der Waals surface area contributed by atoms with Crippen molar-refractivity contribution in [3.05, 3.63) is 0 Å². The minimum atomic E-state index is -4.28. The van der Waals surface area contributed by atoms with Gasteiger partial charge in [0.1, 0.15) is 0 Å². The van der Waals surface area contributed by atoms with Crippen LogP contribution in [0.4, 0.5) is 0 Å². The molecule has 0 heterocycles. The molecule has 0 aliphatic rings. The van der Waals surface area contributed by atoms with Crippen molar-refractivity contribution in [2.45, 2.75) is 0 Å². The van der Waals surface area contributed by atoms with E-state index in [-0.39, 0.29) is 70.3 Å². The predicted octanol–water partition coefficient (Wildman–Crippen LogP) is -3.24. The summed E-state index contributed by atoms with van der Waals surface area (Å²) < 4.78 is 25.8. The molecular weight excluding hydrogens is 365 g/mol. The first kappa shape index (κ1) is 10.2. The van der Waals surface area contributed by atoms with E-state index in [1.165, 1.54) is 0 Å². The third-order valence-corrected chi connectivity index (χ3v) is 0. The van der Waals surface area contributed by atoms with E-state index in [2.05, 4.69) is 0 Å². The summed E-state index contributed by atoms with van der Waals surface area (Å²) in [5, 5.41) is 0. The third-order valence-electron chi connectivity index (χ3n) is 0. The fourth-order valence-corrected chi connectivity index (χ4v) is 0. The van der Waals surface area contributed by atoms with Crippen LogP contribution in [0.15, 0.2) is 0 Å². The molecule has 0 aromatic carbocycles. The van der Waals surface area contributed by atoms with Gasteiger partial charge in [-0.25, -0.2) is 0 Å². The van der Waals surface area contributed by atoms with Gasteiger partial charge in [-0.05, 0) is 0 Å². The summed E-state index contributed by atoms with van der Waals surface area (Å²) >= 11 is -4.28. The summed E-state index contributed by atoms with van der Waals surface area (Å²) in [6.07, 6.45) is 0. The summed E-state index contributed by atoms with van der Waals surface area (Å²) in [5.41, 5.74) is 0. The molecule has 0 saturated heterocycles. The zero-order valence-corrected chi connectivity index (χ0v) is 11.8. The summed E-state index contributed by atoms with van der Waals surface area (Å²) in [6.45, 7) is 0. The van der Waals surface area contributed by atoms with Gasteiger partial charge in [-0.3, -0.25) is 0 Å². The normalized spacial score (nSPS) is 4.80. The molecular formula is HCsO3W. The van der Waals surface area contributed by atoms with Crippen molar-refractivity contribution in [1.82, 2.24) is 0 Å². The summed E-state index contributed by atoms with van der Waals surface area (Å²) in [5.74, 6) is 0. The van der Waals surface area contributed by atoms with E-state index in [0.717, 1.165) is 0 Å². The van der Waals surface area contributed by atoms with Crippen LogP contribution in [-0.2, 0) is 27.4 Å². The molecule has 0 aliphatic carbocycles. The number of rotatable bonds is 0. The van der Waals surface area contributed by atoms with Gasteiger partial charge in [-0.1, -0.05) is 0 Å². The van der Waals surface area contributed by atoms with Crippen LogP contribution in [0.25, 0.3) is 0 Å². The molecule has 0 fully saturated rings. The fraction of sp³-hybridized carbons (Fsp3) is 0. The van der Waals surface area contributed by atoms with Crippen molar-refractivity contribution in [1.29, 1.82) is 0 Å². The second kappa shape index (κ2) is 6.14. The van der Waals surface area contributed by atoms with Crippen molar-refractivity contribution in [3.8, 4) is 0 Å². The van der Waals surface area contributed by atoms with E-state index in [1.54, 1.807) is 0 Å². The molecule has 0 aliphatic heterocycles.